The Kier molecular flexibility index (Phi) is 5.40. The van der Waals surface area contributed by atoms with Gasteiger partial charge in [-0.25, -0.2) is 0 Å². The lowest BCUT2D eigenvalue weighted by Gasteiger charge is -2.48. The van der Waals surface area contributed by atoms with Gasteiger partial charge in [-0.3, -0.25) is 9.59 Å². The molecule has 24 heavy (non-hydrogen) atoms. The van der Waals surface area contributed by atoms with Gasteiger partial charge in [0.25, 0.3) is 0 Å². The van der Waals surface area contributed by atoms with Gasteiger partial charge in [0.2, 0.25) is 11.8 Å². The van der Waals surface area contributed by atoms with Crippen LogP contribution in [0.25, 0.3) is 0 Å². The number of carbonyl (C=O) groups excluding carboxylic acids is 2. The molecule has 4 rings (SSSR count). The number of hydrogen-bond donors (Lipinski definition) is 2. The number of fused-ring (bicyclic) bond motifs is 3. The highest BCUT2D eigenvalue weighted by Crippen LogP contribution is 2.43. The number of nitrogens with two attached hydrogens (primary N) is 1. The molecule has 0 aromatic rings. The molecule has 4 atom stereocenters. The summed E-state index contributed by atoms with van der Waals surface area (Å²) in [7, 11) is 0. The Bertz CT molecular complexity index is 487. The minimum atomic E-state index is 0. The van der Waals surface area contributed by atoms with Gasteiger partial charge in [0.05, 0.1) is 12.6 Å². The van der Waals surface area contributed by atoms with E-state index in [0.717, 1.165) is 32.1 Å². The summed E-state index contributed by atoms with van der Waals surface area (Å²) in [6.07, 6.45) is 9.87. The van der Waals surface area contributed by atoms with Crippen molar-refractivity contribution >= 4 is 24.2 Å². The fourth-order valence-electron chi connectivity index (χ4n) is 5.64. The Hall–Kier alpha value is -0.810. The predicted octanol–water partition coefficient (Wildman–Crippen LogP) is 1.83. The summed E-state index contributed by atoms with van der Waals surface area (Å²) in [6, 6.07) is 0.698. The van der Waals surface area contributed by atoms with Crippen LogP contribution in [0.1, 0.15) is 57.8 Å². The normalized spacial score (nSPS) is 41.7. The summed E-state index contributed by atoms with van der Waals surface area (Å²) < 4.78 is 0. The third-order valence-electron chi connectivity index (χ3n) is 6.84. The minimum absolute atomic E-state index is 0. The Morgan fingerprint density at radius 2 is 1.71 bits per heavy atom. The molecule has 4 fully saturated rings. The maximum Gasteiger partial charge on any atom is 0.239 e. The summed E-state index contributed by atoms with van der Waals surface area (Å²) in [4.78, 5) is 27.2. The molecule has 0 aromatic heterocycles. The first-order valence-corrected chi connectivity index (χ1v) is 9.49. The monoisotopic (exact) mass is 355 g/mol. The maximum atomic E-state index is 13.2. The molecule has 0 aromatic carbocycles. The molecule has 1 saturated heterocycles. The predicted molar refractivity (Wildman–Crippen MR) is 94.7 cm³/mol. The Morgan fingerprint density at radius 1 is 1.04 bits per heavy atom. The van der Waals surface area contributed by atoms with E-state index in [4.69, 9.17) is 5.73 Å². The SMILES string of the molecule is Cl.NC1C2CCCC1CC(C(=O)N1CC(=O)NC3CCCCC31)C2. The van der Waals surface area contributed by atoms with Crippen LogP contribution in [-0.2, 0) is 9.59 Å². The van der Waals surface area contributed by atoms with E-state index in [1.165, 1.54) is 25.7 Å². The van der Waals surface area contributed by atoms with Crippen molar-refractivity contribution in [1.29, 1.82) is 0 Å². The van der Waals surface area contributed by atoms with E-state index in [0.29, 0.717) is 17.9 Å². The molecule has 1 aliphatic heterocycles. The number of nitrogens with zero attached hydrogens (tertiary/aromatic N) is 1. The molecular formula is C18H30ClN3O2. The van der Waals surface area contributed by atoms with Gasteiger partial charge in [-0.15, -0.1) is 12.4 Å². The fourth-order valence-corrected chi connectivity index (χ4v) is 5.64. The van der Waals surface area contributed by atoms with E-state index < -0.39 is 0 Å². The largest absolute Gasteiger partial charge is 0.350 e. The average Bonchev–Trinajstić information content (AvgIpc) is 2.53. The molecule has 5 nitrogen and oxygen atoms in total. The maximum absolute atomic E-state index is 13.2. The highest BCUT2D eigenvalue weighted by atomic mass is 35.5. The van der Waals surface area contributed by atoms with Crippen molar-refractivity contribution in [3.63, 3.8) is 0 Å². The molecule has 4 unspecified atom stereocenters. The second-order valence-corrected chi connectivity index (χ2v) is 8.19. The zero-order valence-corrected chi connectivity index (χ0v) is 15.1. The number of halogens is 1. The third-order valence-corrected chi connectivity index (χ3v) is 6.84. The second-order valence-electron chi connectivity index (χ2n) is 8.19. The highest BCUT2D eigenvalue weighted by molar-refractivity contribution is 5.88. The summed E-state index contributed by atoms with van der Waals surface area (Å²) >= 11 is 0. The van der Waals surface area contributed by atoms with Crippen molar-refractivity contribution < 1.29 is 9.59 Å². The molecule has 3 aliphatic carbocycles. The number of rotatable bonds is 1. The molecule has 1 heterocycles. The third kappa shape index (κ3) is 3.17. The fraction of sp³-hybridized carbons (Fsp3) is 0.889. The van der Waals surface area contributed by atoms with Crippen LogP contribution in [-0.4, -0.2) is 41.4 Å². The number of piperazine rings is 1. The van der Waals surface area contributed by atoms with E-state index in [1.807, 2.05) is 4.90 Å². The van der Waals surface area contributed by atoms with Crippen LogP contribution in [0.15, 0.2) is 0 Å². The van der Waals surface area contributed by atoms with E-state index >= 15 is 0 Å². The van der Waals surface area contributed by atoms with Crippen LogP contribution in [0, 0.1) is 17.8 Å². The van der Waals surface area contributed by atoms with Crippen LogP contribution in [0.5, 0.6) is 0 Å². The summed E-state index contributed by atoms with van der Waals surface area (Å²) in [6.45, 7) is 0.262. The lowest BCUT2D eigenvalue weighted by molar-refractivity contribution is -0.149. The van der Waals surface area contributed by atoms with Crippen molar-refractivity contribution in [3.8, 4) is 0 Å². The van der Waals surface area contributed by atoms with Gasteiger partial charge in [-0.2, -0.15) is 0 Å². The molecule has 136 valence electrons. The number of carbonyl (C=O) groups is 2. The van der Waals surface area contributed by atoms with Crippen LogP contribution in [0.2, 0.25) is 0 Å². The van der Waals surface area contributed by atoms with Gasteiger partial charge in [0.1, 0.15) is 0 Å². The molecule has 2 bridgehead atoms. The minimum Gasteiger partial charge on any atom is -0.350 e. The molecule has 0 spiro atoms. The van der Waals surface area contributed by atoms with Gasteiger partial charge in [-0.05, 0) is 50.4 Å². The van der Waals surface area contributed by atoms with Crippen molar-refractivity contribution in [3.05, 3.63) is 0 Å². The molecule has 6 heteroatoms. The molecule has 2 amide bonds. The van der Waals surface area contributed by atoms with E-state index in [1.54, 1.807) is 0 Å². The van der Waals surface area contributed by atoms with Crippen molar-refractivity contribution in [1.82, 2.24) is 10.2 Å². The summed E-state index contributed by atoms with van der Waals surface area (Å²) in [5.41, 5.74) is 6.36. The molecule has 0 radical (unpaired) electrons. The zero-order valence-electron chi connectivity index (χ0n) is 14.3. The first-order chi connectivity index (χ1) is 11.1. The van der Waals surface area contributed by atoms with Gasteiger partial charge in [0, 0.05) is 18.0 Å². The van der Waals surface area contributed by atoms with E-state index in [2.05, 4.69) is 5.32 Å². The molecule has 4 aliphatic rings. The van der Waals surface area contributed by atoms with Crippen LogP contribution in [0.4, 0.5) is 0 Å². The van der Waals surface area contributed by atoms with E-state index in [-0.39, 0.29) is 48.8 Å². The number of amides is 2. The van der Waals surface area contributed by atoms with Crippen LogP contribution in [0.3, 0.4) is 0 Å². The van der Waals surface area contributed by atoms with Crippen molar-refractivity contribution in [2.24, 2.45) is 23.5 Å². The van der Waals surface area contributed by atoms with Gasteiger partial charge in [-0.1, -0.05) is 19.3 Å². The number of nitrogens with one attached hydrogen (secondary N) is 1. The Balaban J connectivity index is 0.00000169. The van der Waals surface area contributed by atoms with Crippen LogP contribution < -0.4 is 11.1 Å². The lowest BCUT2D eigenvalue weighted by atomic mass is 9.64. The second kappa shape index (κ2) is 7.20. The molecule has 3 saturated carbocycles. The van der Waals surface area contributed by atoms with Gasteiger partial charge >= 0.3 is 0 Å². The average molecular weight is 356 g/mol. The standard InChI is InChI=1S/C18H29N3O2.ClH/c19-17-11-4-3-5-12(17)9-13(8-11)18(23)21-10-16(22)20-14-6-1-2-7-15(14)21;/h11-15,17H,1-10,19H2,(H,20,22);1H. The molecular weight excluding hydrogens is 326 g/mol. The summed E-state index contributed by atoms with van der Waals surface area (Å²) in [5, 5.41) is 3.10. The Labute approximate surface area is 150 Å². The topological polar surface area (TPSA) is 75.4 Å². The highest BCUT2D eigenvalue weighted by Gasteiger charge is 2.45. The van der Waals surface area contributed by atoms with E-state index in [9.17, 15) is 9.59 Å². The first-order valence-electron chi connectivity index (χ1n) is 9.49. The first kappa shape index (κ1) is 18.0. The zero-order chi connectivity index (χ0) is 16.0. The van der Waals surface area contributed by atoms with Crippen molar-refractivity contribution in [2.75, 3.05) is 6.54 Å². The lowest BCUT2D eigenvalue weighted by Crippen LogP contribution is -2.64. The number of hydrogen-bond acceptors (Lipinski definition) is 3. The quantitative estimate of drug-likeness (QED) is 0.753. The summed E-state index contributed by atoms with van der Waals surface area (Å²) in [5.74, 6) is 1.38. The van der Waals surface area contributed by atoms with Gasteiger partial charge in [0.15, 0.2) is 0 Å². The Morgan fingerprint density at radius 3 is 2.42 bits per heavy atom. The van der Waals surface area contributed by atoms with Crippen LogP contribution >= 0.6 is 12.4 Å². The van der Waals surface area contributed by atoms with Crippen molar-refractivity contribution in [2.45, 2.75) is 75.9 Å². The smallest absolute Gasteiger partial charge is 0.239 e. The van der Waals surface area contributed by atoms with Gasteiger partial charge < -0.3 is 16.0 Å². The molecule has 3 N–H and O–H groups in total.